The summed E-state index contributed by atoms with van der Waals surface area (Å²) in [6, 6.07) is 3.14. The molecule has 0 aliphatic carbocycles. The summed E-state index contributed by atoms with van der Waals surface area (Å²) in [5, 5.41) is 0.357. The van der Waals surface area contributed by atoms with Crippen molar-refractivity contribution in [1.82, 2.24) is 4.31 Å². The van der Waals surface area contributed by atoms with Crippen molar-refractivity contribution in [2.75, 3.05) is 24.6 Å². The zero-order valence-electron chi connectivity index (χ0n) is 11.1. The van der Waals surface area contributed by atoms with Crippen LogP contribution in [0.3, 0.4) is 0 Å². The van der Waals surface area contributed by atoms with Gasteiger partial charge in [0.1, 0.15) is 0 Å². The SMILES string of the molecule is Cc1c(CN)cc(Cl)cc1S(=O)(=O)N1CCS(=O)CC1. The largest absolute Gasteiger partial charge is 0.326 e. The Hall–Kier alpha value is -0.470. The van der Waals surface area contributed by atoms with E-state index in [1.54, 1.807) is 13.0 Å². The molecule has 1 aliphatic rings. The third-order valence-electron chi connectivity index (χ3n) is 3.41. The van der Waals surface area contributed by atoms with Gasteiger partial charge in [0, 0.05) is 47.0 Å². The molecule has 0 amide bonds. The molecule has 20 heavy (non-hydrogen) atoms. The Kier molecular flexibility index (Phi) is 4.86. The number of hydrogen-bond donors (Lipinski definition) is 1. The fraction of sp³-hybridized carbons (Fsp3) is 0.500. The third-order valence-corrected chi connectivity index (χ3v) is 6.93. The summed E-state index contributed by atoms with van der Waals surface area (Å²) in [6.07, 6.45) is 0. The van der Waals surface area contributed by atoms with E-state index in [0.717, 1.165) is 5.56 Å². The molecule has 0 unspecified atom stereocenters. The van der Waals surface area contributed by atoms with Crippen molar-refractivity contribution in [3.8, 4) is 0 Å². The van der Waals surface area contributed by atoms with E-state index in [1.807, 2.05) is 0 Å². The average molecular weight is 337 g/mol. The first-order valence-corrected chi connectivity index (χ1v) is 9.51. The van der Waals surface area contributed by atoms with Crippen molar-refractivity contribution in [2.45, 2.75) is 18.4 Å². The van der Waals surface area contributed by atoms with E-state index in [2.05, 4.69) is 0 Å². The van der Waals surface area contributed by atoms with Crippen LogP contribution in [0.4, 0.5) is 0 Å². The van der Waals surface area contributed by atoms with Crippen molar-refractivity contribution >= 4 is 32.4 Å². The zero-order valence-corrected chi connectivity index (χ0v) is 13.5. The van der Waals surface area contributed by atoms with Crippen molar-refractivity contribution in [1.29, 1.82) is 0 Å². The summed E-state index contributed by atoms with van der Waals surface area (Å²) < 4.78 is 38.0. The van der Waals surface area contributed by atoms with Crippen LogP contribution in [0.1, 0.15) is 11.1 Å². The van der Waals surface area contributed by atoms with Crippen LogP contribution < -0.4 is 5.73 Å². The van der Waals surface area contributed by atoms with Gasteiger partial charge in [-0.15, -0.1) is 0 Å². The zero-order chi connectivity index (χ0) is 14.9. The molecule has 1 fully saturated rings. The second-order valence-electron chi connectivity index (χ2n) is 4.64. The summed E-state index contributed by atoms with van der Waals surface area (Å²) in [7, 11) is -4.53. The lowest BCUT2D eigenvalue weighted by atomic mass is 10.1. The van der Waals surface area contributed by atoms with E-state index in [0.29, 0.717) is 22.1 Å². The molecule has 8 heteroatoms. The van der Waals surface area contributed by atoms with Crippen LogP contribution in [0, 0.1) is 6.92 Å². The van der Waals surface area contributed by atoms with Gasteiger partial charge in [0.05, 0.1) is 4.90 Å². The van der Waals surface area contributed by atoms with Crippen molar-refractivity contribution in [3.05, 3.63) is 28.3 Å². The van der Waals surface area contributed by atoms with Gasteiger partial charge in [-0.3, -0.25) is 4.21 Å². The number of nitrogens with zero attached hydrogens (tertiary/aromatic N) is 1. The highest BCUT2D eigenvalue weighted by atomic mass is 35.5. The predicted molar refractivity (Wildman–Crippen MR) is 80.7 cm³/mol. The lowest BCUT2D eigenvalue weighted by Gasteiger charge is -2.26. The fourth-order valence-corrected chi connectivity index (χ4v) is 5.51. The minimum absolute atomic E-state index is 0.193. The fourth-order valence-electron chi connectivity index (χ4n) is 2.19. The highest BCUT2D eigenvalue weighted by Crippen LogP contribution is 2.27. The van der Waals surface area contributed by atoms with Crippen LogP contribution in [0.25, 0.3) is 0 Å². The lowest BCUT2D eigenvalue weighted by molar-refractivity contribution is 0.438. The summed E-state index contributed by atoms with van der Waals surface area (Å²) in [5.74, 6) is 0.755. The molecule has 1 heterocycles. The molecule has 1 aromatic carbocycles. The van der Waals surface area contributed by atoms with Gasteiger partial charge in [-0.1, -0.05) is 11.6 Å². The highest BCUT2D eigenvalue weighted by molar-refractivity contribution is 7.89. The summed E-state index contributed by atoms with van der Waals surface area (Å²) >= 11 is 5.98. The minimum atomic E-state index is -3.61. The maximum absolute atomic E-state index is 12.7. The highest BCUT2D eigenvalue weighted by Gasteiger charge is 2.30. The second kappa shape index (κ2) is 6.11. The van der Waals surface area contributed by atoms with Gasteiger partial charge in [-0.25, -0.2) is 8.42 Å². The van der Waals surface area contributed by atoms with E-state index in [9.17, 15) is 12.6 Å². The number of sulfonamides is 1. The van der Waals surface area contributed by atoms with Crippen LogP contribution in [-0.4, -0.2) is 41.5 Å². The maximum Gasteiger partial charge on any atom is 0.243 e. The second-order valence-corrected chi connectivity index (χ2v) is 8.68. The van der Waals surface area contributed by atoms with Gasteiger partial charge >= 0.3 is 0 Å². The molecule has 0 spiro atoms. The summed E-state index contributed by atoms with van der Waals surface area (Å²) in [6.45, 7) is 2.52. The lowest BCUT2D eigenvalue weighted by Crippen LogP contribution is -2.42. The van der Waals surface area contributed by atoms with Gasteiger partial charge in [-0.2, -0.15) is 4.31 Å². The third kappa shape index (κ3) is 3.07. The molecule has 1 saturated heterocycles. The normalized spacial score (nSPS) is 18.4. The molecular formula is C12H17ClN2O3S2. The number of halogens is 1. The molecule has 0 aromatic heterocycles. The number of benzene rings is 1. The van der Waals surface area contributed by atoms with E-state index < -0.39 is 20.8 Å². The van der Waals surface area contributed by atoms with Gasteiger partial charge in [-0.05, 0) is 30.2 Å². The van der Waals surface area contributed by atoms with Crippen LogP contribution in [0.2, 0.25) is 5.02 Å². The summed E-state index contributed by atoms with van der Waals surface area (Å²) in [5.41, 5.74) is 6.97. The van der Waals surface area contributed by atoms with Crippen LogP contribution >= 0.6 is 11.6 Å². The van der Waals surface area contributed by atoms with Gasteiger partial charge in [0.2, 0.25) is 10.0 Å². The van der Waals surface area contributed by atoms with E-state index in [-0.39, 0.29) is 24.5 Å². The van der Waals surface area contributed by atoms with Crippen LogP contribution in [0.5, 0.6) is 0 Å². The Bertz CT molecular complexity index is 636. The molecule has 0 saturated carbocycles. The molecule has 0 atom stereocenters. The van der Waals surface area contributed by atoms with Crippen LogP contribution in [0.15, 0.2) is 17.0 Å². The molecule has 0 bridgehead atoms. The number of rotatable bonds is 3. The smallest absolute Gasteiger partial charge is 0.243 e. The van der Waals surface area contributed by atoms with E-state index in [1.165, 1.54) is 10.4 Å². The van der Waals surface area contributed by atoms with Gasteiger partial charge < -0.3 is 5.73 Å². The molecule has 1 aromatic rings. The first kappa shape index (κ1) is 15.9. The standard InChI is InChI=1S/C12H17ClN2O3S2/c1-9-10(8-14)6-11(13)7-12(9)20(17,18)15-2-4-19(16)5-3-15/h6-7H,2-5,8,14H2,1H3. The maximum atomic E-state index is 12.7. The van der Waals surface area contributed by atoms with Gasteiger partial charge in [0.25, 0.3) is 0 Å². The Morgan fingerprint density at radius 1 is 1.35 bits per heavy atom. The van der Waals surface area contributed by atoms with E-state index in [4.69, 9.17) is 17.3 Å². The topological polar surface area (TPSA) is 80.5 Å². The van der Waals surface area contributed by atoms with E-state index >= 15 is 0 Å². The Morgan fingerprint density at radius 3 is 2.50 bits per heavy atom. The van der Waals surface area contributed by atoms with Crippen LogP contribution in [-0.2, 0) is 27.4 Å². The Labute approximate surface area is 126 Å². The summed E-state index contributed by atoms with van der Waals surface area (Å²) in [4.78, 5) is 0.193. The van der Waals surface area contributed by atoms with Gasteiger partial charge in [0.15, 0.2) is 0 Å². The molecule has 2 rings (SSSR count). The molecular weight excluding hydrogens is 320 g/mol. The van der Waals surface area contributed by atoms with Crippen molar-refractivity contribution < 1.29 is 12.6 Å². The molecule has 0 radical (unpaired) electrons. The number of hydrogen-bond acceptors (Lipinski definition) is 4. The first-order chi connectivity index (χ1) is 9.36. The first-order valence-electron chi connectivity index (χ1n) is 6.20. The molecule has 112 valence electrons. The minimum Gasteiger partial charge on any atom is -0.326 e. The molecule has 2 N–H and O–H groups in total. The monoisotopic (exact) mass is 336 g/mol. The Morgan fingerprint density at radius 2 is 1.95 bits per heavy atom. The molecule has 1 aliphatic heterocycles. The Balaban J connectivity index is 2.44. The quantitative estimate of drug-likeness (QED) is 0.887. The predicted octanol–water partition coefficient (Wildman–Crippen LogP) is 0.860. The average Bonchev–Trinajstić information content (AvgIpc) is 2.41. The number of nitrogens with two attached hydrogens (primary N) is 1. The molecule has 5 nitrogen and oxygen atoms in total. The van der Waals surface area contributed by atoms with Crippen molar-refractivity contribution in [3.63, 3.8) is 0 Å². The van der Waals surface area contributed by atoms with Crippen molar-refractivity contribution in [2.24, 2.45) is 5.73 Å².